The molecule has 21 heavy (non-hydrogen) atoms. The second kappa shape index (κ2) is 8.10. The van der Waals surface area contributed by atoms with Gasteiger partial charge in [0, 0.05) is 0 Å². The van der Waals surface area contributed by atoms with Gasteiger partial charge in [-0.05, 0) is 51.4 Å². The molecule has 0 radical (unpaired) electrons. The number of ether oxygens (including phenoxy) is 4. The minimum atomic E-state index is -0.656. The van der Waals surface area contributed by atoms with Gasteiger partial charge in [0.1, 0.15) is 18.3 Å². The average molecular weight is 300 g/mol. The molecule has 2 aliphatic carbocycles. The van der Waals surface area contributed by atoms with Gasteiger partial charge < -0.3 is 18.9 Å². The Kier molecular flexibility index (Phi) is 6.14. The summed E-state index contributed by atoms with van der Waals surface area (Å²) in [6.45, 7) is 0. The first-order valence-electron chi connectivity index (χ1n) is 7.79. The van der Waals surface area contributed by atoms with E-state index in [9.17, 15) is 9.59 Å². The Balaban J connectivity index is 1.63. The highest BCUT2D eigenvalue weighted by Gasteiger charge is 2.28. The number of carbonyl (C=O) groups is 2. The molecule has 0 unspecified atom stereocenters. The Hall–Kier alpha value is -1.46. The third-order valence-electron chi connectivity index (χ3n) is 4.13. The second-order valence-electron chi connectivity index (χ2n) is 5.72. The normalized spacial score (nSPS) is 26.7. The van der Waals surface area contributed by atoms with Crippen LogP contribution in [-0.2, 0) is 18.9 Å². The van der Waals surface area contributed by atoms with Crippen LogP contribution in [0.3, 0.4) is 0 Å². The molecule has 0 spiro atoms. The lowest BCUT2D eigenvalue weighted by atomic mass is 9.95. The quantitative estimate of drug-likeness (QED) is 0.742. The molecule has 0 bridgehead atoms. The third-order valence-corrected chi connectivity index (χ3v) is 4.13. The fourth-order valence-electron chi connectivity index (χ4n) is 2.94. The molecular formula is C15H24O6. The Labute approximate surface area is 125 Å². The zero-order chi connectivity index (χ0) is 15.1. The molecule has 0 aromatic heterocycles. The van der Waals surface area contributed by atoms with Gasteiger partial charge in [0.25, 0.3) is 0 Å². The van der Waals surface area contributed by atoms with Crippen molar-refractivity contribution in [2.75, 3.05) is 7.11 Å². The van der Waals surface area contributed by atoms with Crippen molar-refractivity contribution in [3.63, 3.8) is 0 Å². The summed E-state index contributed by atoms with van der Waals surface area (Å²) in [6, 6.07) is 0. The van der Waals surface area contributed by atoms with Crippen LogP contribution in [0.1, 0.15) is 57.8 Å². The van der Waals surface area contributed by atoms with Crippen molar-refractivity contribution < 1.29 is 28.5 Å². The standard InChI is InChI=1S/C15H24O6/c1-18-14(16)19-12-7-9-13(10-8-12)21-15(17)20-11-5-3-2-4-6-11/h11-13H,2-10H2,1H3. The zero-order valence-corrected chi connectivity index (χ0v) is 12.5. The van der Waals surface area contributed by atoms with E-state index in [0.717, 1.165) is 25.7 Å². The maximum Gasteiger partial charge on any atom is 0.508 e. The Bertz CT molecular complexity index is 342. The number of hydrogen-bond acceptors (Lipinski definition) is 6. The van der Waals surface area contributed by atoms with E-state index in [1.165, 1.54) is 13.5 Å². The topological polar surface area (TPSA) is 71.1 Å². The van der Waals surface area contributed by atoms with E-state index < -0.39 is 12.3 Å². The van der Waals surface area contributed by atoms with E-state index in [1.54, 1.807) is 0 Å². The van der Waals surface area contributed by atoms with Gasteiger partial charge in [-0.3, -0.25) is 0 Å². The predicted molar refractivity (Wildman–Crippen MR) is 74.0 cm³/mol. The van der Waals surface area contributed by atoms with Crippen LogP contribution in [-0.4, -0.2) is 37.7 Å². The summed E-state index contributed by atoms with van der Waals surface area (Å²) in [5.74, 6) is 0. The van der Waals surface area contributed by atoms with Crippen molar-refractivity contribution in [1.82, 2.24) is 0 Å². The maximum atomic E-state index is 11.7. The summed E-state index contributed by atoms with van der Waals surface area (Å²) in [5, 5.41) is 0. The molecule has 6 nitrogen and oxygen atoms in total. The molecule has 0 atom stereocenters. The highest BCUT2D eigenvalue weighted by molar-refractivity contribution is 5.60. The SMILES string of the molecule is COC(=O)OC1CCC(OC(=O)OC2CCCCC2)CC1. The Morgan fingerprint density at radius 1 is 0.667 bits per heavy atom. The van der Waals surface area contributed by atoms with Crippen LogP contribution < -0.4 is 0 Å². The molecular weight excluding hydrogens is 276 g/mol. The number of methoxy groups -OCH3 is 1. The molecule has 0 aromatic rings. The summed E-state index contributed by atoms with van der Waals surface area (Å²) >= 11 is 0. The highest BCUT2D eigenvalue weighted by atomic mass is 16.7. The summed E-state index contributed by atoms with van der Waals surface area (Å²) in [6.07, 6.45) is 6.58. The highest BCUT2D eigenvalue weighted by Crippen LogP contribution is 2.25. The first-order chi connectivity index (χ1) is 10.2. The molecule has 0 aromatic carbocycles. The van der Waals surface area contributed by atoms with Crippen LogP contribution >= 0.6 is 0 Å². The van der Waals surface area contributed by atoms with Gasteiger partial charge in [-0.25, -0.2) is 9.59 Å². The van der Waals surface area contributed by atoms with Crippen LogP contribution in [0.25, 0.3) is 0 Å². The van der Waals surface area contributed by atoms with Gasteiger partial charge in [-0.15, -0.1) is 0 Å². The van der Waals surface area contributed by atoms with Gasteiger partial charge in [0.05, 0.1) is 7.11 Å². The van der Waals surface area contributed by atoms with Gasteiger partial charge in [0.15, 0.2) is 0 Å². The van der Waals surface area contributed by atoms with Crippen molar-refractivity contribution in [2.45, 2.75) is 76.1 Å². The molecule has 0 aliphatic heterocycles. The number of carbonyl (C=O) groups excluding carboxylic acids is 2. The number of rotatable bonds is 3. The summed E-state index contributed by atoms with van der Waals surface area (Å²) in [7, 11) is 1.29. The Morgan fingerprint density at radius 3 is 1.57 bits per heavy atom. The van der Waals surface area contributed by atoms with Gasteiger partial charge in [-0.1, -0.05) is 6.42 Å². The zero-order valence-electron chi connectivity index (χ0n) is 12.5. The molecule has 6 heteroatoms. The lowest BCUT2D eigenvalue weighted by molar-refractivity contribution is -0.0379. The molecule has 2 rings (SSSR count). The minimum absolute atomic E-state index is 0.0187. The second-order valence-corrected chi connectivity index (χ2v) is 5.72. The lowest BCUT2D eigenvalue weighted by Gasteiger charge is -2.28. The summed E-state index contributed by atoms with van der Waals surface area (Å²) < 4.78 is 20.2. The van der Waals surface area contributed by atoms with Crippen molar-refractivity contribution >= 4 is 12.3 Å². The van der Waals surface area contributed by atoms with E-state index >= 15 is 0 Å². The fraction of sp³-hybridized carbons (Fsp3) is 0.867. The van der Waals surface area contributed by atoms with Crippen LogP contribution in [0.15, 0.2) is 0 Å². The van der Waals surface area contributed by atoms with Crippen molar-refractivity contribution in [2.24, 2.45) is 0 Å². The van der Waals surface area contributed by atoms with E-state index in [0.29, 0.717) is 25.7 Å². The minimum Gasteiger partial charge on any atom is -0.438 e. The van der Waals surface area contributed by atoms with Crippen molar-refractivity contribution in [3.8, 4) is 0 Å². The summed E-state index contributed by atoms with van der Waals surface area (Å²) in [4.78, 5) is 22.7. The molecule has 0 saturated heterocycles. The fourth-order valence-corrected chi connectivity index (χ4v) is 2.94. The average Bonchev–Trinajstić information content (AvgIpc) is 2.50. The van der Waals surface area contributed by atoms with Crippen molar-refractivity contribution in [1.29, 1.82) is 0 Å². The molecule has 2 aliphatic rings. The van der Waals surface area contributed by atoms with E-state index in [1.807, 2.05) is 0 Å². The smallest absolute Gasteiger partial charge is 0.438 e. The molecule has 2 saturated carbocycles. The van der Waals surface area contributed by atoms with E-state index in [4.69, 9.17) is 14.2 Å². The molecule has 120 valence electrons. The monoisotopic (exact) mass is 300 g/mol. The third kappa shape index (κ3) is 5.44. The molecule has 0 N–H and O–H groups in total. The van der Waals surface area contributed by atoms with Gasteiger partial charge in [-0.2, -0.15) is 0 Å². The summed E-state index contributed by atoms with van der Waals surface area (Å²) in [5.41, 5.74) is 0. The maximum absolute atomic E-state index is 11.7. The van der Waals surface area contributed by atoms with Crippen LogP contribution in [0.5, 0.6) is 0 Å². The van der Waals surface area contributed by atoms with Crippen LogP contribution in [0.2, 0.25) is 0 Å². The van der Waals surface area contributed by atoms with E-state index in [-0.39, 0.29) is 18.3 Å². The van der Waals surface area contributed by atoms with Gasteiger partial charge in [0.2, 0.25) is 0 Å². The first-order valence-corrected chi connectivity index (χ1v) is 7.79. The molecule has 0 amide bonds. The van der Waals surface area contributed by atoms with Crippen LogP contribution in [0, 0.1) is 0 Å². The van der Waals surface area contributed by atoms with Crippen LogP contribution in [0.4, 0.5) is 9.59 Å². The van der Waals surface area contributed by atoms with Gasteiger partial charge >= 0.3 is 12.3 Å². The lowest BCUT2D eigenvalue weighted by Crippen LogP contribution is -2.31. The largest absolute Gasteiger partial charge is 0.508 e. The Morgan fingerprint density at radius 2 is 1.10 bits per heavy atom. The molecule has 0 heterocycles. The van der Waals surface area contributed by atoms with Crippen molar-refractivity contribution in [3.05, 3.63) is 0 Å². The predicted octanol–water partition coefficient (Wildman–Crippen LogP) is 3.57. The molecule has 2 fully saturated rings. The number of hydrogen-bond donors (Lipinski definition) is 0. The van der Waals surface area contributed by atoms with E-state index in [2.05, 4.69) is 4.74 Å². The first kappa shape index (κ1) is 15.9.